The molecule has 8 heteroatoms. The summed E-state index contributed by atoms with van der Waals surface area (Å²) in [5, 5.41) is 10.2. The molecule has 2 rings (SSSR count). The van der Waals surface area contributed by atoms with E-state index in [1.165, 1.54) is 0 Å². The molecule has 0 spiro atoms. The van der Waals surface area contributed by atoms with E-state index in [2.05, 4.69) is 27.7 Å². The first-order valence-electron chi connectivity index (χ1n) is 7.79. The number of carbonyl (C=O) groups excluding carboxylic acids is 2. The van der Waals surface area contributed by atoms with Crippen LogP contribution < -0.4 is 10.9 Å². The van der Waals surface area contributed by atoms with E-state index in [9.17, 15) is 14.8 Å². The van der Waals surface area contributed by atoms with Crippen molar-refractivity contribution in [3.05, 3.63) is 18.0 Å². The van der Waals surface area contributed by atoms with Gasteiger partial charge in [-0.05, 0) is 37.7 Å². The molecule has 0 aliphatic heterocycles. The van der Waals surface area contributed by atoms with Crippen molar-refractivity contribution in [2.75, 3.05) is 5.43 Å². The average molecular weight is 321 g/mol. The minimum Gasteiger partial charge on any atom is -0.285 e. The van der Waals surface area contributed by atoms with Gasteiger partial charge in [-0.15, -0.1) is 0 Å². The molecule has 1 fully saturated rings. The first kappa shape index (κ1) is 17.1. The standard InChI is InChI=1S/C15H23N5O3/c1-10-3-5-12(6-4-10)13(20(23)9-21)14(22)18-19-15-16-8-7-11(2)17-15/h7-10,12-13,23H,3-6H2,1-2H3,(H,18,22)(H,16,17,19). The second kappa shape index (κ2) is 7.87. The Morgan fingerprint density at radius 3 is 2.74 bits per heavy atom. The molecule has 2 amide bonds. The number of nitrogens with one attached hydrogen (secondary N) is 2. The van der Waals surface area contributed by atoms with E-state index in [0.717, 1.165) is 31.4 Å². The van der Waals surface area contributed by atoms with E-state index in [1.54, 1.807) is 12.3 Å². The smallest absolute Gasteiger partial charge is 0.264 e. The predicted molar refractivity (Wildman–Crippen MR) is 83.1 cm³/mol. The molecule has 0 saturated heterocycles. The number of hydrogen-bond donors (Lipinski definition) is 3. The van der Waals surface area contributed by atoms with Gasteiger partial charge in [-0.1, -0.05) is 19.8 Å². The van der Waals surface area contributed by atoms with E-state index in [1.807, 2.05) is 6.92 Å². The molecule has 3 N–H and O–H groups in total. The van der Waals surface area contributed by atoms with Crippen molar-refractivity contribution in [3.63, 3.8) is 0 Å². The topological polar surface area (TPSA) is 107 Å². The molecule has 0 bridgehead atoms. The third-order valence-corrected chi connectivity index (χ3v) is 4.26. The van der Waals surface area contributed by atoms with Crippen LogP contribution in [0.3, 0.4) is 0 Å². The Morgan fingerprint density at radius 1 is 1.43 bits per heavy atom. The fourth-order valence-corrected chi connectivity index (χ4v) is 2.92. The second-order valence-corrected chi connectivity index (χ2v) is 6.09. The lowest BCUT2D eigenvalue weighted by Crippen LogP contribution is -2.51. The fourth-order valence-electron chi connectivity index (χ4n) is 2.92. The summed E-state index contributed by atoms with van der Waals surface area (Å²) >= 11 is 0. The van der Waals surface area contributed by atoms with Crippen LogP contribution in [0.4, 0.5) is 5.95 Å². The third-order valence-electron chi connectivity index (χ3n) is 4.26. The molecule has 0 radical (unpaired) electrons. The Labute approximate surface area is 135 Å². The van der Waals surface area contributed by atoms with Gasteiger partial charge in [0, 0.05) is 11.9 Å². The summed E-state index contributed by atoms with van der Waals surface area (Å²) in [5.41, 5.74) is 5.85. The minimum absolute atomic E-state index is 0.0679. The van der Waals surface area contributed by atoms with E-state index in [4.69, 9.17) is 0 Å². The number of hydrogen-bond acceptors (Lipinski definition) is 6. The van der Waals surface area contributed by atoms with Gasteiger partial charge in [0.15, 0.2) is 0 Å². The van der Waals surface area contributed by atoms with Gasteiger partial charge in [0.25, 0.3) is 5.91 Å². The Hall–Kier alpha value is -2.22. The van der Waals surface area contributed by atoms with Gasteiger partial charge in [-0.3, -0.25) is 25.6 Å². The number of anilines is 1. The number of rotatable bonds is 6. The highest BCUT2D eigenvalue weighted by Crippen LogP contribution is 2.31. The Bertz CT molecular complexity index is 546. The number of hydrazine groups is 1. The first-order chi connectivity index (χ1) is 11.0. The van der Waals surface area contributed by atoms with Crippen LogP contribution in [0.5, 0.6) is 0 Å². The summed E-state index contributed by atoms with van der Waals surface area (Å²) in [5.74, 6) is 0.313. The van der Waals surface area contributed by atoms with Crippen molar-refractivity contribution >= 4 is 18.3 Å². The number of amides is 2. The molecular weight excluding hydrogens is 298 g/mol. The molecular formula is C15H23N5O3. The van der Waals surface area contributed by atoms with Crippen LogP contribution in [-0.4, -0.2) is 38.6 Å². The SMILES string of the molecule is Cc1ccnc(NNC(=O)C(C2CCC(C)CC2)N(O)C=O)n1. The highest BCUT2D eigenvalue weighted by Gasteiger charge is 2.35. The van der Waals surface area contributed by atoms with E-state index < -0.39 is 11.9 Å². The summed E-state index contributed by atoms with van der Waals surface area (Å²) in [6.45, 7) is 3.97. The summed E-state index contributed by atoms with van der Waals surface area (Å²) in [4.78, 5) is 31.4. The van der Waals surface area contributed by atoms with Crippen molar-refractivity contribution in [2.45, 2.75) is 45.6 Å². The molecule has 1 unspecified atom stereocenters. The van der Waals surface area contributed by atoms with Gasteiger partial charge in [0.1, 0.15) is 6.04 Å². The monoisotopic (exact) mass is 321 g/mol. The maximum atomic E-state index is 12.4. The number of aromatic nitrogens is 2. The van der Waals surface area contributed by atoms with Gasteiger partial charge in [-0.2, -0.15) is 0 Å². The summed E-state index contributed by atoms with van der Waals surface area (Å²) in [6, 6.07) is 0.818. The molecule has 1 aliphatic rings. The van der Waals surface area contributed by atoms with Gasteiger partial charge < -0.3 is 0 Å². The van der Waals surface area contributed by atoms with Crippen LogP contribution in [0, 0.1) is 18.8 Å². The van der Waals surface area contributed by atoms with Gasteiger partial charge in [0.05, 0.1) is 0 Å². The van der Waals surface area contributed by atoms with Crippen molar-refractivity contribution in [1.82, 2.24) is 20.5 Å². The van der Waals surface area contributed by atoms with Crippen molar-refractivity contribution in [2.24, 2.45) is 11.8 Å². The number of aryl methyl sites for hydroxylation is 1. The van der Waals surface area contributed by atoms with Crippen LogP contribution in [0.25, 0.3) is 0 Å². The normalized spacial score (nSPS) is 22.0. The molecule has 1 aromatic heterocycles. The van der Waals surface area contributed by atoms with E-state index >= 15 is 0 Å². The highest BCUT2D eigenvalue weighted by atomic mass is 16.5. The molecule has 1 saturated carbocycles. The molecule has 1 heterocycles. The van der Waals surface area contributed by atoms with E-state index in [-0.39, 0.29) is 18.3 Å². The van der Waals surface area contributed by atoms with Crippen molar-refractivity contribution in [1.29, 1.82) is 0 Å². The van der Waals surface area contributed by atoms with E-state index in [0.29, 0.717) is 11.0 Å². The Morgan fingerprint density at radius 2 is 2.13 bits per heavy atom. The minimum atomic E-state index is -0.919. The first-order valence-corrected chi connectivity index (χ1v) is 7.79. The molecule has 8 nitrogen and oxygen atoms in total. The van der Waals surface area contributed by atoms with Crippen molar-refractivity contribution < 1.29 is 14.8 Å². The molecule has 0 aromatic carbocycles. The maximum Gasteiger partial charge on any atom is 0.264 e. The molecule has 1 aromatic rings. The number of hydroxylamine groups is 2. The zero-order chi connectivity index (χ0) is 16.8. The van der Waals surface area contributed by atoms with Crippen LogP contribution >= 0.6 is 0 Å². The lowest BCUT2D eigenvalue weighted by molar-refractivity contribution is -0.173. The highest BCUT2D eigenvalue weighted by molar-refractivity contribution is 5.84. The average Bonchev–Trinajstić information content (AvgIpc) is 2.55. The van der Waals surface area contributed by atoms with Gasteiger partial charge >= 0.3 is 0 Å². The second-order valence-electron chi connectivity index (χ2n) is 6.09. The summed E-state index contributed by atoms with van der Waals surface area (Å²) < 4.78 is 0. The van der Waals surface area contributed by atoms with Crippen molar-refractivity contribution in [3.8, 4) is 0 Å². The van der Waals surface area contributed by atoms with Crippen LogP contribution in [0.15, 0.2) is 12.3 Å². The zero-order valence-electron chi connectivity index (χ0n) is 13.4. The largest absolute Gasteiger partial charge is 0.285 e. The van der Waals surface area contributed by atoms with Gasteiger partial charge in [-0.25, -0.2) is 15.0 Å². The lowest BCUT2D eigenvalue weighted by atomic mass is 9.79. The molecule has 1 atom stereocenters. The summed E-state index contributed by atoms with van der Waals surface area (Å²) in [7, 11) is 0. The molecule has 23 heavy (non-hydrogen) atoms. The zero-order valence-corrected chi connectivity index (χ0v) is 13.4. The molecule has 126 valence electrons. The lowest BCUT2D eigenvalue weighted by Gasteiger charge is -2.34. The summed E-state index contributed by atoms with van der Waals surface area (Å²) in [6.07, 6.45) is 5.40. The quantitative estimate of drug-likeness (QED) is 0.414. The Balaban J connectivity index is 2.00. The fraction of sp³-hybridized carbons (Fsp3) is 0.600. The van der Waals surface area contributed by atoms with Crippen LogP contribution in [0.2, 0.25) is 0 Å². The number of nitrogens with zero attached hydrogens (tertiary/aromatic N) is 3. The number of carbonyl (C=O) groups is 2. The van der Waals surface area contributed by atoms with Crippen LogP contribution in [-0.2, 0) is 9.59 Å². The van der Waals surface area contributed by atoms with Crippen LogP contribution in [0.1, 0.15) is 38.3 Å². The Kier molecular flexibility index (Phi) is 5.86. The molecule has 1 aliphatic carbocycles. The maximum absolute atomic E-state index is 12.4. The predicted octanol–water partition coefficient (Wildman–Crippen LogP) is 1.27. The van der Waals surface area contributed by atoms with Gasteiger partial charge in [0.2, 0.25) is 12.4 Å². The third kappa shape index (κ3) is 4.62.